The van der Waals surface area contributed by atoms with Crippen molar-refractivity contribution in [3.63, 3.8) is 0 Å². The fraction of sp³-hybridized carbons (Fsp3) is 0.250. The van der Waals surface area contributed by atoms with Crippen molar-refractivity contribution in [2.75, 3.05) is 0 Å². The van der Waals surface area contributed by atoms with Crippen LogP contribution in [0.15, 0.2) is 112 Å². The van der Waals surface area contributed by atoms with Crippen LogP contribution in [0.25, 0.3) is 27.8 Å². The molecule has 8 rings (SSSR count). The molecule has 0 saturated carbocycles. The van der Waals surface area contributed by atoms with Gasteiger partial charge in [0.1, 0.15) is 0 Å². The minimum atomic E-state index is -0.128. The van der Waals surface area contributed by atoms with E-state index in [2.05, 4.69) is 124 Å². The Labute approximate surface area is 248 Å². The topological polar surface area (TPSA) is 0 Å². The summed E-state index contributed by atoms with van der Waals surface area (Å²) in [5.41, 5.74) is 18.7. The van der Waals surface area contributed by atoms with Crippen molar-refractivity contribution >= 4 is 17.3 Å². The molecule has 4 aromatic rings. The molecule has 1 heterocycles. The predicted octanol–water partition coefficient (Wildman–Crippen LogP) is 11.3. The van der Waals surface area contributed by atoms with E-state index in [1.54, 1.807) is 16.1 Å². The van der Waals surface area contributed by atoms with Gasteiger partial charge in [-0.15, -0.1) is 0 Å². The fourth-order valence-electron chi connectivity index (χ4n) is 8.17. The molecule has 0 bridgehead atoms. The van der Waals surface area contributed by atoms with Gasteiger partial charge < -0.3 is 0 Å². The van der Waals surface area contributed by atoms with E-state index in [4.69, 9.17) is 0 Å². The van der Waals surface area contributed by atoms with Crippen LogP contribution in [-0.2, 0) is 5.41 Å². The zero-order valence-corrected chi connectivity index (χ0v) is 25.1. The zero-order valence-electron chi connectivity index (χ0n) is 24.3. The summed E-state index contributed by atoms with van der Waals surface area (Å²) < 4.78 is 0. The molecule has 202 valence electrons. The number of benzene rings is 4. The lowest BCUT2D eigenvalue weighted by atomic mass is 9.62. The summed E-state index contributed by atoms with van der Waals surface area (Å²) in [6.07, 6.45) is 12.1. The monoisotopic (exact) mass is 548 g/mol. The lowest BCUT2D eigenvalue weighted by Crippen LogP contribution is -2.35. The first-order chi connectivity index (χ1) is 20.1. The van der Waals surface area contributed by atoms with Crippen molar-refractivity contribution in [2.24, 2.45) is 0 Å². The number of fused-ring (bicyclic) bond motifs is 7. The van der Waals surface area contributed by atoms with E-state index in [0.717, 1.165) is 12.8 Å². The molecule has 0 aromatic heterocycles. The molecule has 0 nitrogen and oxygen atoms in total. The maximum Gasteiger partial charge on any atom is 0.0658 e. The van der Waals surface area contributed by atoms with Gasteiger partial charge in [-0.1, -0.05) is 102 Å². The van der Waals surface area contributed by atoms with E-state index < -0.39 is 0 Å². The highest BCUT2D eigenvalue weighted by atomic mass is 32.2. The van der Waals surface area contributed by atoms with Crippen LogP contribution in [0.3, 0.4) is 0 Å². The van der Waals surface area contributed by atoms with Gasteiger partial charge in [-0.3, -0.25) is 0 Å². The highest BCUT2D eigenvalue weighted by molar-refractivity contribution is 8.03. The molecule has 3 aliphatic carbocycles. The van der Waals surface area contributed by atoms with Gasteiger partial charge in [-0.25, -0.2) is 0 Å². The second-order valence-electron chi connectivity index (χ2n) is 12.4. The molecular weight excluding hydrogens is 513 g/mol. The third-order valence-corrected chi connectivity index (χ3v) is 11.3. The average Bonchev–Trinajstić information content (AvgIpc) is 3.29. The van der Waals surface area contributed by atoms with E-state index in [9.17, 15) is 0 Å². The van der Waals surface area contributed by atoms with Crippen molar-refractivity contribution in [3.05, 3.63) is 140 Å². The fourth-order valence-corrected chi connectivity index (χ4v) is 9.65. The molecular formula is C40H36S. The largest absolute Gasteiger partial charge is 0.0935 e. The Morgan fingerprint density at radius 2 is 1.41 bits per heavy atom. The van der Waals surface area contributed by atoms with Gasteiger partial charge in [0.2, 0.25) is 0 Å². The van der Waals surface area contributed by atoms with Gasteiger partial charge in [0.05, 0.1) is 5.41 Å². The third-order valence-electron chi connectivity index (χ3n) is 9.96. The van der Waals surface area contributed by atoms with Crippen molar-refractivity contribution < 1.29 is 0 Å². The SMILES string of the molecule is Cc1cc(-c2ccc(C)c(-c3ccccc3C)c2)c2c(c1)C1(C3=C(CCCC3)S2)C2=C(C=CCC2)c2ccccc21. The van der Waals surface area contributed by atoms with Crippen LogP contribution in [0.1, 0.15) is 71.9 Å². The summed E-state index contributed by atoms with van der Waals surface area (Å²) >= 11 is 2.09. The van der Waals surface area contributed by atoms with Crippen LogP contribution >= 0.6 is 11.8 Å². The summed E-state index contributed by atoms with van der Waals surface area (Å²) in [6, 6.07) is 30.3. The Balaban J connectivity index is 1.43. The number of allylic oxidation sites excluding steroid dienone is 6. The zero-order chi connectivity index (χ0) is 27.7. The molecule has 41 heavy (non-hydrogen) atoms. The van der Waals surface area contributed by atoms with Crippen LogP contribution in [-0.4, -0.2) is 0 Å². The second-order valence-corrected chi connectivity index (χ2v) is 13.5. The maximum absolute atomic E-state index is 2.55. The Morgan fingerprint density at radius 3 is 2.29 bits per heavy atom. The first-order valence-electron chi connectivity index (χ1n) is 15.3. The summed E-state index contributed by atoms with van der Waals surface area (Å²) in [7, 11) is 0. The summed E-state index contributed by atoms with van der Waals surface area (Å²) in [4.78, 5) is 3.12. The Kier molecular flexibility index (Phi) is 5.83. The Bertz CT molecular complexity index is 1840. The second kappa shape index (κ2) is 9.50. The molecule has 1 spiro atoms. The molecule has 4 aromatic carbocycles. The molecule has 0 saturated heterocycles. The molecule has 0 radical (unpaired) electrons. The van der Waals surface area contributed by atoms with Crippen LogP contribution in [0.4, 0.5) is 0 Å². The minimum Gasteiger partial charge on any atom is -0.0935 e. The number of thioether (sulfide) groups is 1. The molecule has 1 atom stereocenters. The number of hydrogen-bond donors (Lipinski definition) is 0. The number of aryl methyl sites for hydroxylation is 3. The summed E-state index contributed by atoms with van der Waals surface area (Å²) in [5.74, 6) is 0. The van der Waals surface area contributed by atoms with Gasteiger partial charge in [-0.2, -0.15) is 0 Å². The van der Waals surface area contributed by atoms with Crippen LogP contribution in [0.5, 0.6) is 0 Å². The Hall–Kier alpha value is -3.55. The summed E-state index contributed by atoms with van der Waals surface area (Å²) in [5, 5.41) is 0. The van der Waals surface area contributed by atoms with Gasteiger partial charge in [0.25, 0.3) is 0 Å². The van der Waals surface area contributed by atoms with E-state index in [1.165, 1.54) is 91.8 Å². The molecule has 4 aliphatic rings. The number of hydrogen-bond acceptors (Lipinski definition) is 1. The van der Waals surface area contributed by atoms with Crippen molar-refractivity contribution in [3.8, 4) is 22.3 Å². The first kappa shape index (κ1) is 25.2. The van der Waals surface area contributed by atoms with Gasteiger partial charge in [0, 0.05) is 4.90 Å². The van der Waals surface area contributed by atoms with E-state index >= 15 is 0 Å². The molecule has 0 amide bonds. The highest BCUT2D eigenvalue weighted by Crippen LogP contribution is 2.65. The lowest BCUT2D eigenvalue weighted by molar-refractivity contribution is 0.573. The third kappa shape index (κ3) is 3.61. The van der Waals surface area contributed by atoms with Crippen LogP contribution in [0.2, 0.25) is 0 Å². The van der Waals surface area contributed by atoms with E-state index in [1.807, 2.05) is 0 Å². The van der Waals surface area contributed by atoms with Crippen molar-refractivity contribution in [1.82, 2.24) is 0 Å². The molecule has 0 N–H and O–H groups in total. The average molecular weight is 549 g/mol. The van der Waals surface area contributed by atoms with Crippen LogP contribution in [0, 0.1) is 20.8 Å². The van der Waals surface area contributed by atoms with Gasteiger partial charge in [-0.05, 0) is 137 Å². The van der Waals surface area contributed by atoms with Crippen molar-refractivity contribution in [2.45, 2.75) is 69.6 Å². The number of rotatable bonds is 2. The maximum atomic E-state index is 2.55. The van der Waals surface area contributed by atoms with Crippen LogP contribution < -0.4 is 0 Å². The predicted molar refractivity (Wildman–Crippen MR) is 175 cm³/mol. The van der Waals surface area contributed by atoms with Gasteiger partial charge in [0.15, 0.2) is 0 Å². The summed E-state index contributed by atoms with van der Waals surface area (Å²) in [6.45, 7) is 6.79. The van der Waals surface area contributed by atoms with Gasteiger partial charge >= 0.3 is 0 Å². The minimum absolute atomic E-state index is 0.128. The molecule has 1 unspecified atom stereocenters. The Morgan fingerprint density at radius 1 is 0.634 bits per heavy atom. The molecule has 1 aliphatic heterocycles. The smallest absolute Gasteiger partial charge is 0.0658 e. The lowest BCUT2D eigenvalue weighted by Gasteiger charge is -2.45. The van der Waals surface area contributed by atoms with E-state index in [0.29, 0.717) is 0 Å². The normalized spacial score (nSPS) is 20.7. The first-order valence-corrected chi connectivity index (χ1v) is 16.1. The van der Waals surface area contributed by atoms with Crippen molar-refractivity contribution in [1.29, 1.82) is 0 Å². The molecule has 0 fully saturated rings. The highest BCUT2D eigenvalue weighted by Gasteiger charge is 2.52. The van der Waals surface area contributed by atoms with E-state index in [-0.39, 0.29) is 5.41 Å². The molecule has 1 heteroatoms. The quantitative estimate of drug-likeness (QED) is 0.240. The standard InChI is InChI=1S/C40H36S/c1-25-22-33(28-21-20-27(3)32(24-28)29-13-5-4-12-26(29)2)39-37(23-25)40(36-18-10-11-19-38(36)41-39)34-16-8-6-14-30(34)31-15-7-9-17-35(31)40/h4-8,12-16,20-24H,9-11,17-19H2,1-3H3.